The van der Waals surface area contributed by atoms with Gasteiger partial charge in [-0.05, 0) is 62.4 Å². The molecule has 1 heterocycles. The van der Waals surface area contributed by atoms with Crippen LogP contribution in [0.1, 0.15) is 35.2 Å². The van der Waals surface area contributed by atoms with Crippen LogP contribution in [-0.2, 0) is 0 Å². The number of nitrogen functional groups attached to an aromatic ring is 1. The molecule has 20 heavy (non-hydrogen) atoms. The second-order valence-corrected chi connectivity index (χ2v) is 6.16. The smallest absolute Gasteiger partial charge is 0.251 e. The Kier molecular flexibility index (Phi) is 3.66. The third kappa shape index (κ3) is 2.96. The van der Waals surface area contributed by atoms with Crippen molar-refractivity contribution in [3.05, 3.63) is 29.3 Å². The third-order valence-corrected chi connectivity index (χ3v) is 4.46. The fourth-order valence-corrected chi connectivity index (χ4v) is 2.96. The van der Waals surface area contributed by atoms with Crippen molar-refractivity contribution in [2.24, 2.45) is 5.92 Å². The summed E-state index contributed by atoms with van der Waals surface area (Å²) in [6.45, 7) is 5.06. The fourth-order valence-electron chi connectivity index (χ4n) is 2.96. The molecule has 1 atom stereocenters. The van der Waals surface area contributed by atoms with E-state index < -0.39 is 0 Å². The molecule has 4 nitrogen and oxygen atoms in total. The molecule has 1 aromatic carbocycles. The molecule has 4 heteroatoms. The number of benzene rings is 1. The van der Waals surface area contributed by atoms with E-state index in [0.717, 1.165) is 30.4 Å². The zero-order valence-electron chi connectivity index (χ0n) is 12.1. The summed E-state index contributed by atoms with van der Waals surface area (Å²) in [6, 6.07) is 6.29. The van der Waals surface area contributed by atoms with Crippen LogP contribution in [0.5, 0.6) is 0 Å². The van der Waals surface area contributed by atoms with Gasteiger partial charge in [0.15, 0.2) is 0 Å². The van der Waals surface area contributed by atoms with Gasteiger partial charge in [-0.3, -0.25) is 4.79 Å². The molecule has 0 bridgehead atoms. The number of aryl methyl sites for hydroxylation is 1. The minimum Gasteiger partial charge on any atom is -0.399 e. The van der Waals surface area contributed by atoms with Gasteiger partial charge in [0.05, 0.1) is 0 Å². The average Bonchev–Trinajstić information content (AvgIpc) is 3.18. The molecular formula is C16H23N3O. The van der Waals surface area contributed by atoms with Crippen LogP contribution in [-0.4, -0.2) is 36.5 Å². The first-order valence-electron chi connectivity index (χ1n) is 7.52. The highest BCUT2D eigenvalue weighted by Crippen LogP contribution is 2.31. The van der Waals surface area contributed by atoms with Crippen molar-refractivity contribution >= 4 is 11.6 Å². The Morgan fingerprint density at radius 1 is 1.40 bits per heavy atom. The lowest BCUT2D eigenvalue weighted by Gasteiger charge is -2.15. The lowest BCUT2D eigenvalue weighted by atomic mass is 10.1. The zero-order valence-corrected chi connectivity index (χ0v) is 12.1. The van der Waals surface area contributed by atoms with E-state index in [4.69, 9.17) is 5.73 Å². The van der Waals surface area contributed by atoms with E-state index in [1.54, 1.807) is 12.1 Å². The Labute approximate surface area is 120 Å². The number of anilines is 1. The predicted octanol–water partition coefficient (Wildman–Crippen LogP) is 1.79. The van der Waals surface area contributed by atoms with Crippen LogP contribution in [0.3, 0.4) is 0 Å². The highest BCUT2D eigenvalue weighted by Gasteiger charge is 2.34. The van der Waals surface area contributed by atoms with Gasteiger partial charge in [0.2, 0.25) is 0 Å². The van der Waals surface area contributed by atoms with Crippen LogP contribution >= 0.6 is 0 Å². The Bertz CT molecular complexity index is 510. The number of carbonyl (C=O) groups is 1. The Morgan fingerprint density at radius 2 is 2.20 bits per heavy atom. The molecule has 108 valence electrons. The molecular weight excluding hydrogens is 250 g/mol. The second kappa shape index (κ2) is 5.44. The lowest BCUT2D eigenvalue weighted by Crippen LogP contribution is -2.31. The maximum Gasteiger partial charge on any atom is 0.251 e. The molecule has 1 amide bonds. The van der Waals surface area contributed by atoms with E-state index in [2.05, 4.69) is 10.2 Å². The number of nitrogens with one attached hydrogen (secondary N) is 1. The lowest BCUT2D eigenvalue weighted by molar-refractivity contribution is 0.0947. The molecule has 1 saturated carbocycles. The van der Waals surface area contributed by atoms with Gasteiger partial charge in [-0.25, -0.2) is 0 Å². The van der Waals surface area contributed by atoms with Crippen LogP contribution in [0, 0.1) is 12.8 Å². The van der Waals surface area contributed by atoms with Crippen molar-refractivity contribution in [2.45, 2.75) is 32.2 Å². The monoisotopic (exact) mass is 273 g/mol. The van der Waals surface area contributed by atoms with Crippen LogP contribution in [0.25, 0.3) is 0 Å². The van der Waals surface area contributed by atoms with E-state index in [0.29, 0.717) is 11.5 Å². The summed E-state index contributed by atoms with van der Waals surface area (Å²) in [4.78, 5) is 14.7. The number of hydrogen-bond acceptors (Lipinski definition) is 3. The number of hydrogen-bond donors (Lipinski definition) is 2. The van der Waals surface area contributed by atoms with Crippen LogP contribution in [0.4, 0.5) is 5.69 Å². The van der Waals surface area contributed by atoms with Gasteiger partial charge in [-0.2, -0.15) is 0 Å². The average molecular weight is 273 g/mol. The Morgan fingerprint density at radius 3 is 2.90 bits per heavy atom. The van der Waals surface area contributed by atoms with Crippen molar-refractivity contribution in [1.82, 2.24) is 10.2 Å². The largest absolute Gasteiger partial charge is 0.399 e. The molecule has 0 aromatic heterocycles. The van der Waals surface area contributed by atoms with Gasteiger partial charge in [0.1, 0.15) is 0 Å². The molecule has 1 saturated heterocycles. The minimum atomic E-state index is 0.0120. The van der Waals surface area contributed by atoms with Crippen molar-refractivity contribution in [3.8, 4) is 0 Å². The number of likely N-dealkylation sites (tertiary alicyclic amines) is 1. The zero-order chi connectivity index (χ0) is 14.1. The van der Waals surface area contributed by atoms with E-state index in [1.165, 1.54) is 25.8 Å². The maximum absolute atomic E-state index is 12.1. The van der Waals surface area contributed by atoms with E-state index in [9.17, 15) is 4.79 Å². The molecule has 0 spiro atoms. The van der Waals surface area contributed by atoms with E-state index in [-0.39, 0.29) is 5.91 Å². The Balaban J connectivity index is 1.50. The summed E-state index contributed by atoms with van der Waals surface area (Å²) >= 11 is 0. The van der Waals surface area contributed by atoms with Crippen LogP contribution in [0.15, 0.2) is 18.2 Å². The highest BCUT2D eigenvalue weighted by molar-refractivity contribution is 5.94. The normalized spacial score (nSPS) is 22.9. The fraction of sp³-hybridized carbons (Fsp3) is 0.562. The first-order chi connectivity index (χ1) is 9.63. The molecule has 1 aromatic rings. The Hall–Kier alpha value is -1.55. The topological polar surface area (TPSA) is 58.4 Å². The SMILES string of the molecule is Cc1cc(C(=O)NCC2CCN(C3CC3)C2)ccc1N. The summed E-state index contributed by atoms with van der Waals surface area (Å²) in [5, 5.41) is 3.06. The van der Waals surface area contributed by atoms with Gasteiger partial charge < -0.3 is 16.0 Å². The van der Waals surface area contributed by atoms with Gasteiger partial charge in [-0.15, -0.1) is 0 Å². The van der Waals surface area contributed by atoms with E-state index in [1.807, 2.05) is 13.0 Å². The van der Waals surface area contributed by atoms with Gasteiger partial charge >= 0.3 is 0 Å². The quantitative estimate of drug-likeness (QED) is 0.822. The third-order valence-electron chi connectivity index (χ3n) is 4.46. The second-order valence-electron chi connectivity index (χ2n) is 6.16. The first-order valence-corrected chi connectivity index (χ1v) is 7.52. The summed E-state index contributed by atoms with van der Waals surface area (Å²) in [6.07, 6.45) is 3.94. The summed E-state index contributed by atoms with van der Waals surface area (Å²) in [5.41, 5.74) is 8.17. The number of carbonyl (C=O) groups excluding carboxylic acids is 1. The van der Waals surface area contributed by atoms with Crippen LogP contribution < -0.4 is 11.1 Å². The van der Waals surface area contributed by atoms with Crippen LogP contribution in [0.2, 0.25) is 0 Å². The molecule has 2 fully saturated rings. The molecule has 0 radical (unpaired) electrons. The van der Waals surface area contributed by atoms with Gasteiger partial charge in [-0.1, -0.05) is 0 Å². The van der Waals surface area contributed by atoms with Gasteiger partial charge in [0, 0.05) is 30.4 Å². The number of rotatable bonds is 4. The summed E-state index contributed by atoms with van der Waals surface area (Å²) < 4.78 is 0. The van der Waals surface area contributed by atoms with Crippen molar-refractivity contribution in [2.75, 3.05) is 25.4 Å². The predicted molar refractivity (Wildman–Crippen MR) is 80.6 cm³/mol. The molecule has 1 unspecified atom stereocenters. The van der Waals surface area contributed by atoms with Crippen molar-refractivity contribution in [1.29, 1.82) is 0 Å². The molecule has 3 rings (SSSR count). The standard InChI is InChI=1S/C16H23N3O/c1-11-8-13(2-5-15(11)17)16(20)18-9-12-6-7-19(10-12)14-3-4-14/h2,5,8,12,14H,3-4,6-7,9-10,17H2,1H3,(H,18,20). The first kappa shape index (κ1) is 13.4. The summed E-state index contributed by atoms with van der Waals surface area (Å²) in [7, 11) is 0. The maximum atomic E-state index is 12.1. The molecule has 1 aliphatic heterocycles. The number of amides is 1. The molecule has 2 aliphatic rings. The van der Waals surface area contributed by atoms with E-state index >= 15 is 0 Å². The highest BCUT2D eigenvalue weighted by atomic mass is 16.1. The number of nitrogens with two attached hydrogens (primary N) is 1. The molecule has 1 aliphatic carbocycles. The minimum absolute atomic E-state index is 0.0120. The summed E-state index contributed by atoms with van der Waals surface area (Å²) in [5.74, 6) is 0.618. The number of nitrogens with zero attached hydrogens (tertiary/aromatic N) is 1. The molecule has 3 N–H and O–H groups in total. The van der Waals surface area contributed by atoms with Crippen molar-refractivity contribution in [3.63, 3.8) is 0 Å². The van der Waals surface area contributed by atoms with Gasteiger partial charge in [0.25, 0.3) is 5.91 Å². The van der Waals surface area contributed by atoms with Crippen molar-refractivity contribution < 1.29 is 4.79 Å².